The number of methoxy groups -OCH3 is 3. The molecule has 0 radical (unpaired) electrons. The van der Waals surface area contributed by atoms with Crippen LogP contribution in [0.25, 0.3) is 0 Å². The molecular formula is C56H112N7O9+. The fourth-order valence-electron chi connectivity index (χ4n) is 8.91. The molecule has 1 heterocycles. The van der Waals surface area contributed by atoms with E-state index in [9.17, 15) is 15.0 Å². The van der Waals surface area contributed by atoms with Crippen LogP contribution in [-0.4, -0.2) is 157 Å². The predicted molar refractivity (Wildman–Crippen MR) is 294 cm³/mol. The molecule has 0 fully saturated rings. The second-order valence-corrected chi connectivity index (χ2v) is 20.4. The van der Waals surface area contributed by atoms with E-state index in [4.69, 9.17) is 43.4 Å². The lowest BCUT2D eigenvalue weighted by atomic mass is 10.0. The van der Waals surface area contributed by atoms with Crippen molar-refractivity contribution in [2.24, 2.45) is 0 Å². The first-order chi connectivity index (χ1) is 35.3. The summed E-state index contributed by atoms with van der Waals surface area (Å²) >= 11 is 0. The Labute approximate surface area is 440 Å². The second kappa shape index (κ2) is 49.4. The average molecular weight is 1030 g/mol. The van der Waals surface area contributed by atoms with Crippen LogP contribution in [0.5, 0.6) is 0 Å². The summed E-state index contributed by atoms with van der Waals surface area (Å²) in [4.78, 5) is 32.7. The monoisotopic (exact) mass is 1030 g/mol. The Hall–Kier alpha value is -2.44. The number of hydrogen-bond acceptors (Lipinski definition) is 15. The summed E-state index contributed by atoms with van der Waals surface area (Å²) in [6, 6.07) is 0. The number of carbonyl (C=O) groups is 1. The fraction of sp³-hybridized carbons (Fsp3) is 0.929. The normalized spacial score (nSPS) is 11.7. The lowest BCUT2D eigenvalue weighted by molar-refractivity contribution is -0.910. The minimum atomic E-state index is -0.454. The number of esters is 1. The number of rotatable bonds is 56. The van der Waals surface area contributed by atoms with E-state index in [-0.39, 0.29) is 65.3 Å². The van der Waals surface area contributed by atoms with Gasteiger partial charge in [0.15, 0.2) is 0 Å². The molecule has 1 rings (SSSR count). The molecule has 0 bridgehead atoms. The van der Waals surface area contributed by atoms with Crippen molar-refractivity contribution in [1.82, 2.24) is 15.0 Å². The SMILES string of the molecule is CCCCCCCCCCCCCCCCCCOCN(COC)c1nc(N(COC)COCC[N+](C)(CCO)CCO)nc(N(COCCCCCCCCCCCCCCCCCC)CC(=O)OC)n1. The van der Waals surface area contributed by atoms with Crippen molar-refractivity contribution in [2.45, 2.75) is 219 Å². The highest BCUT2D eigenvalue weighted by Crippen LogP contribution is 2.22. The van der Waals surface area contributed by atoms with E-state index in [0.29, 0.717) is 49.9 Å². The molecule has 72 heavy (non-hydrogen) atoms. The molecule has 0 amide bonds. The number of aliphatic hydroxyl groups excluding tert-OH is 2. The first kappa shape index (κ1) is 67.6. The zero-order chi connectivity index (χ0) is 52.4. The molecule has 0 aliphatic heterocycles. The number of anilines is 3. The van der Waals surface area contributed by atoms with E-state index in [0.717, 1.165) is 25.7 Å². The van der Waals surface area contributed by atoms with Crippen LogP contribution in [0.1, 0.15) is 219 Å². The molecule has 16 heteroatoms. The number of hydrogen-bond donors (Lipinski definition) is 2. The van der Waals surface area contributed by atoms with Crippen molar-refractivity contribution in [3.63, 3.8) is 0 Å². The number of unbranched alkanes of at least 4 members (excludes halogenated alkanes) is 30. The van der Waals surface area contributed by atoms with Crippen molar-refractivity contribution >= 4 is 23.8 Å². The number of aliphatic hydroxyl groups is 2. The lowest BCUT2D eigenvalue weighted by Gasteiger charge is -2.33. The molecule has 0 aromatic carbocycles. The smallest absolute Gasteiger partial charge is 0.325 e. The predicted octanol–water partition coefficient (Wildman–Crippen LogP) is 11.5. The van der Waals surface area contributed by atoms with E-state index in [2.05, 4.69) is 13.8 Å². The molecule has 0 aliphatic carbocycles. The molecule has 0 spiro atoms. The average Bonchev–Trinajstić information content (AvgIpc) is 3.38. The quantitative estimate of drug-likeness (QED) is 0.0274. The Bertz CT molecular complexity index is 1330. The Morgan fingerprint density at radius 2 is 0.708 bits per heavy atom. The third-order valence-corrected chi connectivity index (χ3v) is 13.6. The van der Waals surface area contributed by atoms with E-state index in [1.165, 1.54) is 187 Å². The summed E-state index contributed by atoms with van der Waals surface area (Å²) in [5.74, 6) is 0.339. The van der Waals surface area contributed by atoms with Crippen LogP contribution in [0.3, 0.4) is 0 Å². The minimum absolute atomic E-state index is 0.00913. The number of aromatic nitrogens is 3. The topological polar surface area (TPSA) is 161 Å². The van der Waals surface area contributed by atoms with Gasteiger partial charge in [-0.15, -0.1) is 0 Å². The third-order valence-electron chi connectivity index (χ3n) is 13.6. The summed E-state index contributed by atoms with van der Waals surface area (Å²) in [7, 11) is 6.55. The Kier molecular flexibility index (Phi) is 46.4. The maximum atomic E-state index is 12.8. The molecule has 1 aromatic heterocycles. The number of ether oxygens (including phenoxy) is 6. The van der Waals surface area contributed by atoms with Gasteiger partial charge in [0, 0.05) is 27.4 Å². The summed E-state index contributed by atoms with van der Waals surface area (Å²) < 4.78 is 35.3. The van der Waals surface area contributed by atoms with Gasteiger partial charge in [-0.3, -0.25) is 14.6 Å². The Morgan fingerprint density at radius 1 is 0.417 bits per heavy atom. The summed E-state index contributed by atoms with van der Waals surface area (Å²) in [6.07, 6.45) is 41.9. The van der Waals surface area contributed by atoms with E-state index in [1.807, 2.05) is 7.05 Å². The van der Waals surface area contributed by atoms with Gasteiger partial charge in [0.1, 0.15) is 59.8 Å². The summed E-state index contributed by atoms with van der Waals surface area (Å²) in [5.41, 5.74) is 0. The highest BCUT2D eigenvalue weighted by Gasteiger charge is 2.24. The molecule has 0 saturated heterocycles. The van der Waals surface area contributed by atoms with Crippen LogP contribution >= 0.6 is 0 Å². The maximum absolute atomic E-state index is 12.8. The van der Waals surface area contributed by atoms with Crippen molar-refractivity contribution in [1.29, 1.82) is 0 Å². The van der Waals surface area contributed by atoms with Gasteiger partial charge in [-0.05, 0) is 12.8 Å². The molecule has 0 saturated carbocycles. The van der Waals surface area contributed by atoms with Crippen LogP contribution in [0, 0.1) is 0 Å². The van der Waals surface area contributed by atoms with Gasteiger partial charge < -0.3 is 48.0 Å². The van der Waals surface area contributed by atoms with E-state index < -0.39 is 5.97 Å². The second-order valence-electron chi connectivity index (χ2n) is 20.4. The highest BCUT2D eigenvalue weighted by atomic mass is 16.5. The third kappa shape index (κ3) is 37.3. The van der Waals surface area contributed by atoms with E-state index in [1.54, 1.807) is 28.9 Å². The minimum Gasteiger partial charge on any atom is -0.468 e. The van der Waals surface area contributed by atoms with Crippen LogP contribution < -0.4 is 14.7 Å². The molecular weight excluding hydrogens is 915 g/mol. The molecule has 16 nitrogen and oxygen atoms in total. The molecule has 2 N–H and O–H groups in total. The lowest BCUT2D eigenvalue weighted by Crippen LogP contribution is -2.50. The maximum Gasteiger partial charge on any atom is 0.325 e. The van der Waals surface area contributed by atoms with Crippen LogP contribution in [-0.2, 0) is 33.2 Å². The van der Waals surface area contributed by atoms with Crippen LogP contribution in [0.2, 0.25) is 0 Å². The largest absolute Gasteiger partial charge is 0.468 e. The molecule has 0 atom stereocenters. The first-order valence-corrected chi connectivity index (χ1v) is 29.1. The highest BCUT2D eigenvalue weighted by molar-refractivity contribution is 5.74. The van der Waals surface area contributed by atoms with Gasteiger partial charge in [0.2, 0.25) is 17.8 Å². The summed E-state index contributed by atoms with van der Waals surface area (Å²) in [5, 5.41) is 19.3. The zero-order valence-electron chi connectivity index (χ0n) is 47.4. The molecule has 1 aromatic rings. The van der Waals surface area contributed by atoms with Crippen LogP contribution in [0.15, 0.2) is 0 Å². The molecule has 424 valence electrons. The van der Waals surface area contributed by atoms with Gasteiger partial charge in [-0.1, -0.05) is 206 Å². The number of likely N-dealkylation sites (N-methyl/N-ethyl adjacent to an activating group) is 1. The molecule has 0 aliphatic rings. The first-order valence-electron chi connectivity index (χ1n) is 29.1. The van der Waals surface area contributed by atoms with Gasteiger partial charge in [-0.2, -0.15) is 15.0 Å². The zero-order valence-corrected chi connectivity index (χ0v) is 47.4. The Balaban J connectivity index is 2.89. The van der Waals surface area contributed by atoms with Gasteiger partial charge in [-0.25, -0.2) is 0 Å². The van der Waals surface area contributed by atoms with E-state index >= 15 is 0 Å². The van der Waals surface area contributed by atoms with Gasteiger partial charge >= 0.3 is 5.97 Å². The van der Waals surface area contributed by atoms with Crippen LogP contribution in [0.4, 0.5) is 17.8 Å². The fourth-order valence-corrected chi connectivity index (χ4v) is 8.91. The number of nitrogens with zero attached hydrogens (tertiary/aromatic N) is 7. The van der Waals surface area contributed by atoms with Gasteiger partial charge in [0.05, 0.1) is 34.0 Å². The van der Waals surface area contributed by atoms with Gasteiger partial charge in [0.25, 0.3) is 0 Å². The standard InChI is InChI=1S/C56H112N7O9/c1-7-9-11-13-15-17-19-21-23-25-27-29-31-33-35-37-44-70-50-60(47-53(66)69-6)54-57-55(59-56(58-54)62(49-68-5)52-72-46-41-63(3,39-42-64)40-43-65)61(48-67-4)51-71-45-38-36-34-32-30-28-26-24-22-20-18-16-14-12-10-8-2/h64-65H,7-52H2,1-6H3/q+1. The number of carbonyl (C=O) groups excluding carboxylic acids is 1. The number of quaternary nitrogens is 1. The van der Waals surface area contributed by atoms with Crippen molar-refractivity contribution in [3.05, 3.63) is 0 Å². The van der Waals surface area contributed by atoms with Crippen molar-refractivity contribution in [3.8, 4) is 0 Å². The Morgan fingerprint density at radius 3 is 1.01 bits per heavy atom. The summed E-state index contributed by atoms with van der Waals surface area (Å²) in [6.45, 7) is 8.12. The molecule has 0 unspecified atom stereocenters. The van der Waals surface area contributed by atoms with Crippen molar-refractivity contribution in [2.75, 3.05) is 136 Å². The van der Waals surface area contributed by atoms with Crippen molar-refractivity contribution < 1.29 is 47.9 Å².